The zero-order valence-corrected chi connectivity index (χ0v) is 15.2. The molecule has 0 spiro atoms. The summed E-state index contributed by atoms with van der Waals surface area (Å²) >= 11 is 0. The Morgan fingerprint density at radius 3 is 2.50 bits per heavy atom. The van der Waals surface area contributed by atoms with Crippen molar-refractivity contribution in [1.82, 2.24) is 4.90 Å². The number of methoxy groups -OCH3 is 1. The standard InChI is InChI=1S/C18H21N3O4S/c1-25-14-6-8-15(9-7-14)26(23,24)20-17-5-3-2-4-16(17)18(22)21-11-10-13(19)12-21/h2-9,13,20H,10-12,19H2,1H3/t13-/m1/s1. The number of amides is 1. The lowest BCUT2D eigenvalue weighted by Gasteiger charge is -2.18. The summed E-state index contributed by atoms with van der Waals surface area (Å²) in [6.07, 6.45) is 0.742. The normalized spacial score (nSPS) is 17.2. The number of carbonyl (C=O) groups excluding carboxylic acids is 1. The molecule has 3 N–H and O–H groups in total. The van der Waals surface area contributed by atoms with Crippen LogP contribution in [0.15, 0.2) is 53.4 Å². The number of sulfonamides is 1. The van der Waals surface area contributed by atoms with Gasteiger partial charge in [-0.15, -0.1) is 0 Å². The number of rotatable bonds is 5. The molecular formula is C18H21N3O4S. The van der Waals surface area contributed by atoms with Crippen LogP contribution >= 0.6 is 0 Å². The maximum Gasteiger partial charge on any atom is 0.261 e. The van der Waals surface area contributed by atoms with Gasteiger partial charge in [0.25, 0.3) is 15.9 Å². The summed E-state index contributed by atoms with van der Waals surface area (Å²) in [7, 11) is -2.32. The Morgan fingerprint density at radius 2 is 1.88 bits per heavy atom. The number of benzene rings is 2. The molecule has 1 fully saturated rings. The maximum atomic E-state index is 12.7. The first-order valence-electron chi connectivity index (χ1n) is 8.21. The second-order valence-electron chi connectivity index (χ2n) is 6.13. The molecule has 0 aliphatic carbocycles. The summed E-state index contributed by atoms with van der Waals surface area (Å²) in [6.45, 7) is 1.04. The van der Waals surface area contributed by atoms with E-state index in [1.54, 1.807) is 41.3 Å². The fourth-order valence-corrected chi connectivity index (χ4v) is 3.94. The number of para-hydroxylation sites is 1. The second-order valence-corrected chi connectivity index (χ2v) is 7.81. The van der Waals surface area contributed by atoms with Crippen LogP contribution in [0.2, 0.25) is 0 Å². The van der Waals surface area contributed by atoms with Crippen molar-refractivity contribution in [1.29, 1.82) is 0 Å². The van der Waals surface area contributed by atoms with Crippen LogP contribution < -0.4 is 15.2 Å². The highest BCUT2D eigenvalue weighted by Crippen LogP contribution is 2.24. The van der Waals surface area contributed by atoms with E-state index in [9.17, 15) is 13.2 Å². The first-order chi connectivity index (χ1) is 12.4. The zero-order chi connectivity index (χ0) is 18.7. The predicted octanol–water partition coefficient (Wildman–Crippen LogP) is 1.67. The van der Waals surface area contributed by atoms with Crippen molar-refractivity contribution >= 4 is 21.6 Å². The van der Waals surface area contributed by atoms with Gasteiger partial charge in [0.15, 0.2) is 0 Å². The van der Waals surface area contributed by atoms with Gasteiger partial charge in [0, 0.05) is 19.1 Å². The van der Waals surface area contributed by atoms with Crippen molar-refractivity contribution in [3.05, 3.63) is 54.1 Å². The van der Waals surface area contributed by atoms with Crippen molar-refractivity contribution in [2.45, 2.75) is 17.4 Å². The fraction of sp³-hybridized carbons (Fsp3) is 0.278. The molecule has 1 amide bonds. The van der Waals surface area contributed by atoms with Crippen molar-refractivity contribution in [2.75, 3.05) is 24.9 Å². The quantitative estimate of drug-likeness (QED) is 0.828. The highest BCUT2D eigenvalue weighted by molar-refractivity contribution is 7.92. The number of nitrogens with one attached hydrogen (secondary N) is 1. The van der Waals surface area contributed by atoms with Crippen LogP contribution in [-0.2, 0) is 10.0 Å². The van der Waals surface area contributed by atoms with Crippen LogP contribution in [0, 0.1) is 0 Å². The van der Waals surface area contributed by atoms with E-state index in [0.717, 1.165) is 6.42 Å². The van der Waals surface area contributed by atoms with Gasteiger partial charge in [0.05, 0.1) is 23.3 Å². The van der Waals surface area contributed by atoms with Crippen LogP contribution in [0.1, 0.15) is 16.8 Å². The molecule has 1 saturated heterocycles. The van der Waals surface area contributed by atoms with Crippen molar-refractivity contribution in [3.8, 4) is 5.75 Å². The summed E-state index contributed by atoms with van der Waals surface area (Å²) in [4.78, 5) is 14.5. The average molecular weight is 375 g/mol. The fourth-order valence-electron chi connectivity index (χ4n) is 2.86. The number of nitrogens with zero attached hydrogens (tertiary/aromatic N) is 1. The largest absolute Gasteiger partial charge is 0.497 e. The molecule has 2 aromatic carbocycles. The van der Waals surface area contributed by atoms with E-state index in [2.05, 4.69) is 4.72 Å². The Balaban J connectivity index is 1.86. The van der Waals surface area contributed by atoms with E-state index in [1.807, 2.05) is 0 Å². The minimum atomic E-state index is -3.83. The van der Waals surface area contributed by atoms with E-state index >= 15 is 0 Å². The molecule has 1 atom stereocenters. The SMILES string of the molecule is COc1ccc(S(=O)(=O)Nc2ccccc2C(=O)N2CC[C@@H](N)C2)cc1. The molecule has 0 radical (unpaired) electrons. The molecule has 1 heterocycles. The van der Waals surface area contributed by atoms with E-state index in [0.29, 0.717) is 24.4 Å². The number of likely N-dealkylation sites (tertiary alicyclic amines) is 1. The monoisotopic (exact) mass is 375 g/mol. The van der Waals surface area contributed by atoms with E-state index in [1.165, 1.54) is 19.2 Å². The van der Waals surface area contributed by atoms with Crippen LogP contribution in [0.5, 0.6) is 5.75 Å². The Bertz CT molecular complexity index is 897. The zero-order valence-electron chi connectivity index (χ0n) is 14.4. The van der Waals surface area contributed by atoms with Gasteiger partial charge < -0.3 is 15.4 Å². The first kappa shape index (κ1) is 18.2. The molecule has 3 rings (SSSR count). The number of carbonyl (C=O) groups is 1. The van der Waals surface area contributed by atoms with Crippen molar-refractivity contribution < 1.29 is 17.9 Å². The predicted molar refractivity (Wildman–Crippen MR) is 98.7 cm³/mol. The third kappa shape index (κ3) is 3.81. The second kappa shape index (κ2) is 7.35. The summed E-state index contributed by atoms with van der Waals surface area (Å²) < 4.78 is 32.9. The Kier molecular flexibility index (Phi) is 5.15. The lowest BCUT2D eigenvalue weighted by atomic mass is 10.1. The van der Waals surface area contributed by atoms with Gasteiger partial charge in [0.1, 0.15) is 5.75 Å². The summed E-state index contributed by atoms with van der Waals surface area (Å²) in [6, 6.07) is 12.6. The minimum Gasteiger partial charge on any atom is -0.497 e. The maximum absolute atomic E-state index is 12.7. The molecular weight excluding hydrogens is 354 g/mol. The molecule has 8 heteroatoms. The molecule has 7 nitrogen and oxygen atoms in total. The lowest BCUT2D eigenvalue weighted by molar-refractivity contribution is 0.0792. The van der Waals surface area contributed by atoms with E-state index in [-0.39, 0.29) is 22.5 Å². The smallest absolute Gasteiger partial charge is 0.261 e. The topological polar surface area (TPSA) is 102 Å². The molecule has 0 bridgehead atoms. The summed E-state index contributed by atoms with van der Waals surface area (Å²) in [5, 5.41) is 0. The summed E-state index contributed by atoms with van der Waals surface area (Å²) in [5.41, 5.74) is 6.41. The molecule has 2 aromatic rings. The van der Waals surface area contributed by atoms with E-state index < -0.39 is 10.0 Å². The van der Waals surface area contributed by atoms with Gasteiger partial charge in [-0.3, -0.25) is 9.52 Å². The minimum absolute atomic E-state index is 0.0397. The molecule has 0 saturated carbocycles. The molecule has 0 unspecified atom stereocenters. The van der Waals surface area contributed by atoms with Crippen LogP contribution in [0.3, 0.4) is 0 Å². The van der Waals surface area contributed by atoms with Gasteiger partial charge in [0.2, 0.25) is 0 Å². The number of hydrogen-bond acceptors (Lipinski definition) is 5. The van der Waals surface area contributed by atoms with Crippen LogP contribution in [-0.4, -0.2) is 45.5 Å². The number of hydrogen-bond donors (Lipinski definition) is 2. The van der Waals surface area contributed by atoms with Crippen LogP contribution in [0.4, 0.5) is 5.69 Å². The highest BCUT2D eigenvalue weighted by atomic mass is 32.2. The number of ether oxygens (including phenoxy) is 1. The van der Waals surface area contributed by atoms with Crippen molar-refractivity contribution in [3.63, 3.8) is 0 Å². The Hall–Kier alpha value is -2.58. The van der Waals surface area contributed by atoms with Gasteiger partial charge >= 0.3 is 0 Å². The lowest BCUT2D eigenvalue weighted by Crippen LogP contribution is -2.32. The number of anilines is 1. The van der Waals surface area contributed by atoms with Gasteiger partial charge in [-0.2, -0.15) is 0 Å². The highest BCUT2D eigenvalue weighted by Gasteiger charge is 2.27. The molecule has 26 heavy (non-hydrogen) atoms. The number of nitrogens with two attached hydrogens (primary N) is 1. The van der Waals surface area contributed by atoms with Gasteiger partial charge in [-0.1, -0.05) is 12.1 Å². The van der Waals surface area contributed by atoms with Crippen molar-refractivity contribution in [2.24, 2.45) is 5.73 Å². The molecule has 0 aromatic heterocycles. The molecule has 1 aliphatic rings. The van der Waals surface area contributed by atoms with E-state index in [4.69, 9.17) is 10.5 Å². The van der Waals surface area contributed by atoms with Crippen LogP contribution in [0.25, 0.3) is 0 Å². The molecule has 1 aliphatic heterocycles. The van der Waals surface area contributed by atoms with Gasteiger partial charge in [-0.05, 0) is 42.8 Å². The third-order valence-electron chi connectivity index (χ3n) is 4.28. The Morgan fingerprint density at radius 1 is 1.19 bits per heavy atom. The Labute approximate surface area is 152 Å². The third-order valence-corrected chi connectivity index (χ3v) is 5.66. The summed E-state index contributed by atoms with van der Waals surface area (Å²) in [5.74, 6) is 0.330. The average Bonchev–Trinajstić information content (AvgIpc) is 3.08. The van der Waals surface area contributed by atoms with Gasteiger partial charge in [-0.25, -0.2) is 8.42 Å². The molecule has 138 valence electrons. The first-order valence-corrected chi connectivity index (χ1v) is 9.70.